The van der Waals surface area contributed by atoms with Crippen LogP contribution in [0.2, 0.25) is 0 Å². The van der Waals surface area contributed by atoms with Gasteiger partial charge in [-0.05, 0) is 49.1 Å². The minimum Gasteiger partial charge on any atom is -0.299 e. The number of hydrogen-bond acceptors (Lipinski definition) is 2. The van der Waals surface area contributed by atoms with Gasteiger partial charge in [-0.1, -0.05) is 26.8 Å². The molecule has 1 heterocycles. The fourth-order valence-corrected chi connectivity index (χ4v) is 2.81. The van der Waals surface area contributed by atoms with Crippen LogP contribution in [0, 0.1) is 11.3 Å². The summed E-state index contributed by atoms with van der Waals surface area (Å²) >= 11 is 0. The smallest absolute Gasteiger partial charge is 0.141 e. The predicted octanol–water partition coefficient (Wildman–Crippen LogP) is 3.97. The van der Waals surface area contributed by atoms with Crippen LogP contribution >= 0.6 is 0 Å². The zero-order chi connectivity index (χ0) is 13.9. The quantitative estimate of drug-likeness (QED) is 0.819. The van der Waals surface area contributed by atoms with Gasteiger partial charge in [0.2, 0.25) is 0 Å². The van der Waals surface area contributed by atoms with Gasteiger partial charge < -0.3 is 0 Å². The fourth-order valence-electron chi connectivity index (χ4n) is 2.81. The first kappa shape index (κ1) is 14.2. The van der Waals surface area contributed by atoms with Crippen molar-refractivity contribution in [2.24, 2.45) is 11.3 Å². The number of aromatic nitrogens is 1. The van der Waals surface area contributed by atoms with Gasteiger partial charge in [0.25, 0.3) is 0 Å². The molecule has 1 aromatic rings. The summed E-state index contributed by atoms with van der Waals surface area (Å²) < 4.78 is 0. The second-order valence-electron chi connectivity index (χ2n) is 6.59. The number of pyridine rings is 1. The molecule has 0 amide bonds. The topological polar surface area (TPSA) is 30.0 Å². The second kappa shape index (κ2) is 5.85. The fraction of sp³-hybridized carbons (Fsp3) is 0.647. The highest BCUT2D eigenvalue weighted by molar-refractivity contribution is 5.83. The zero-order valence-electron chi connectivity index (χ0n) is 12.4. The van der Waals surface area contributed by atoms with Crippen molar-refractivity contribution in [3.8, 4) is 0 Å². The molecule has 1 aliphatic rings. The maximum atomic E-state index is 12.3. The lowest BCUT2D eigenvalue weighted by Crippen LogP contribution is -2.27. The van der Waals surface area contributed by atoms with Crippen LogP contribution in [0.15, 0.2) is 18.3 Å². The first-order valence-electron chi connectivity index (χ1n) is 7.47. The molecule has 0 saturated heterocycles. The summed E-state index contributed by atoms with van der Waals surface area (Å²) in [4.78, 5) is 16.7. The van der Waals surface area contributed by atoms with Gasteiger partial charge in [0, 0.05) is 24.2 Å². The first-order chi connectivity index (χ1) is 9.00. The Labute approximate surface area is 116 Å². The second-order valence-corrected chi connectivity index (χ2v) is 6.59. The minimum atomic E-state index is 0.265. The molecule has 0 N–H and O–H groups in total. The Morgan fingerprint density at radius 1 is 1.32 bits per heavy atom. The molecular weight excluding hydrogens is 234 g/mol. The van der Waals surface area contributed by atoms with E-state index in [9.17, 15) is 4.79 Å². The Kier molecular flexibility index (Phi) is 4.38. The molecule has 1 aliphatic carbocycles. The molecule has 1 saturated carbocycles. The highest BCUT2D eigenvalue weighted by Crippen LogP contribution is 2.38. The van der Waals surface area contributed by atoms with E-state index in [0.29, 0.717) is 17.6 Å². The van der Waals surface area contributed by atoms with E-state index in [2.05, 4.69) is 31.8 Å². The number of nitrogens with zero attached hydrogens (tertiary/aromatic N) is 1. The van der Waals surface area contributed by atoms with Crippen molar-refractivity contribution in [2.75, 3.05) is 0 Å². The summed E-state index contributed by atoms with van der Waals surface area (Å²) in [6, 6.07) is 4.09. The summed E-state index contributed by atoms with van der Waals surface area (Å²) in [5, 5.41) is 0. The summed E-state index contributed by atoms with van der Waals surface area (Å²) in [5.74, 6) is 0.646. The maximum Gasteiger partial charge on any atom is 0.141 e. The zero-order valence-corrected chi connectivity index (χ0v) is 12.4. The molecule has 2 rings (SSSR count). The minimum absolute atomic E-state index is 0.265. The SMILES string of the molecule is CCc1ccc(CC(=O)C2CCC(C)(C)CC2)nc1. The van der Waals surface area contributed by atoms with Gasteiger partial charge in [-0.25, -0.2) is 0 Å². The Hall–Kier alpha value is -1.18. The van der Waals surface area contributed by atoms with Crippen LogP contribution in [0.5, 0.6) is 0 Å². The molecule has 104 valence electrons. The van der Waals surface area contributed by atoms with Gasteiger partial charge in [-0.15, -0.1) is 0 Å². The van der Waals surface area contributed by atoms with E-state index in [4.69, 9.17) is 0 Å². The van der Waals surface area contributed by atoms with Crippen molar-refractivity contribution in [3.05, 3.63) is 29.6 Å². The van der Waals surface area contributed by atoms with Crippen LogP contribution in [0.25, 0.3) is 0 Å². The van der Waals surface area contributed by atoms with Gasteiger partial charge >= 0.3 is 0 Å². The molecule has 0 aromatic carbocycles. The van der Waals surface area contributed by atoms with Crippen LogP contribution in [0.4, 0.5) is 0 Å². The molecular formula is C17H25NO. The first-order valence-corrected chi connectivity index (χ1v) is 7.47. The predicted molar refractivity (Wildman–Crippen MR) is 78.1 cm³/mol. The largest absolute Gasteiger partial charge is 0.299 e. The van der Waals surface area contributed by atoms with E-state index in [1.807, 2.05) is 12.3 Å². The van der Waals surface area contributed by atoms with E-state index < -0.39 is 0 Å². The molecule has 0 atom stereocenters. The van der Waals surface area contributed by atoms with Crippen molar-refractivity contribution in [1.29, 1.82) is 0 Å². The number of hydrogen-bond donors (Lipinski definition) is 0. The van der Waals surface area contributed by atoms with Gasteiger partial charge in [0.15, 0.2) is 0 Å². The third kappa shape index (κ3) is 3.89. The summed E-state index contributed by atoms with van der Waals surface area (Å²) in [6.07, 6.45) is 7.86. The Balaban J connectivity index is 1.90. The average molecular weight is 259 g/mol. The van der Waals surface area contributed by atoms with Gasteiger partial charge in [-0.3, -0.25) is 9.78 Å². The standard InChI is InChI=1S/C17H25NO/c1-4-13-5-6-15(18-12-13)11-16(19)14-7-9-17(2,3)10-8-14/h5-6,12,14H,4,7-11H2,1-3H3. The van der Waals surface area contributed by atoms with Crippen molar-refractivity contribution in [3.63, 3.8) is 0 Å². The summed E-state index contributed by atoms with van der Waals surface area (Å²) in [7, 11) is 0. The van der Waals surface area contributed by atoms with E-state index >= 15 is 0 Å². The molecule has 1 aromatic heterocycles. The van der Waals surface area contributed by atoms with Crippen molar-refractivity contribution >= 4 is 5.78 Å². The average Bonchev–Trinajstić information content (AvgIpc) is 2.39. The number of aryl methyl sites for hydroxylation is 1. The Morgan fingerprint density at radius 2 is 2.00 bits per heavy atom. The van der Waals surface area contributed by atoms with Crippen LogP contribution < -0.4 is 0 Å². The molecule has 0 radical (unpaired) electrons. The molecule has 19 heavy (non-hydrogen) atoms. The lowest BCUT2D eigenvalue weighted by Gasteiger charge is -2.33. The van der Waals surface area contributed by atoms with Crippen LogP contribution in [-0.4, -0.2) is 10.8 Å². The van der Waals surface area contributed by atoms with Gasteiger partial charge in [0.1, 0.15) is 5.78 Å². The highest BCUT2D eigenvalue weighted by atomic mass is 16.1. The highest BCUT2D eigenvalue weighted by Gasteiger charge is 2.30. The maximum absolute atomic E-state index is 12.3. The van der Waals surface area contributed by atoms with E-state index in [1.54, 1.807) is 0 Å². The van der Waals surface area contributed by atoms with E-state index in [-0.39, 0.29) is 5.92 Å². The summed E-state index contributed by atoms with van der Waals surface area (Å²) in [5.41, 5.74) is 2.58. The summed E-state index contributed by atoms with van der Waals surface area (Å²) in [6.45, 7) is 6.73. The molecule has 1 fully saturated rings. The third-order valence-corrected chi connectivity index (χ3v) is 4.44. The lowest BCUT2D eigenvalue weighted by molar-refractivity contribution is -0.123. The number of ketones is 1. The van der Waals surface area contributed by atoms with Crippen molar-refractivity contribution < 1.29 is 4.79 Å². The van der Waals surface area contributed by atoms with E-state index in [0.717, 1.165) is 25.0 Å². The molecule has 2 nitrogen and oxygen atoms in total. The van der Waals surface area contributed by atoms with Crippen LogP contribution in [0.1, 0.15) is 57.7 Å². The Bertz CT molecular complexity index is 423. The van der Waals surface area contributed by atoms with E-state index in [1.165, 1.54) is 18.4 Å². The van der Waals surface area contributed by atoms with Crippen LogP contribution in [-0.2, 0) is 17.6 Å². The number of carbonyl (C=O) groups excluding carboxylic acids is 1. The molecule has 0 aliphatic heterocycles. The third-order valence-electron chi connectivity index (χ3n) is 4.44. The monoisotopic (exact) mass is 259 g/mol. The van der Waals surface area contributed by atoms with Gasteiger partial charge in [-0.2, -0.15) is 0 Å². The molecule has 0 bridgehead atoms. The number of rotatable bonds is 4. The lowest BCUT2D eigenvalue weighted by atomic mass is 9.71. The van der Waals surface area contributed by atoms with Crippen molar-refractivity contribution in [2.45, 2.75) is 59.3 Å². The number of carbonyl (C=O) groups is 1. The number of Topliss-reactive ketones (excluding diaryl/α,β-unsaturated/α-hetero) is 1. The molecule has 0 spiro atoms. The molecule has 0 unspecified atom stereocenters. The van der Waals surface area contributed by atoms with Crippen molar-refractivity contribution in [1.82, 2.24) is 4.98 Å². The molecule has 2 heteroatoms. The Morgan fingerprint density at radius 3 is 2.53 bits per heavy atom. The normalized spacial score (nSPS) is 19.3. The van der Waals surface area contributed by atoms with Crippen LogP contribution in [0.3, 0.4) is 0 Å². The van der Waals surface area contributed by atoms with Gasteiger partial charge in [0.05, 0.1) is 0 Å².